The van der Waals surface area contributed by atoms with Crippen molar-refractivity contribution in [3.8, 4) is 10.6 Å². The third kappa shape index (κ3) is 4.25. The lowest BCUT2D eigenvalue weighted by Gasteiger charge is -2.02. The number of thiazole rings is 2. The van der Waals surface area contributed by atoms with Crippen molar-refractivity contribution in [2.45, 2.75) is 13.1 Å². The standard InChI is InChI=1S/C18H16N4S3/c1-2-5-13(6-3-1)9-19-17-20-10-14(25-17)11-21-18-22-15(12-24-18)16-7-4-8-23-16/h1-8,10,12H,9,11H2,(H,19,20)(H,21,22). The first-order valence-corrected chi connectivity index (χ1v) is 10.4. The molecule has 0 fully saturated rings. The number of nitrogens with one attached hydrogen (secondary N) is 2. The summed E-state index contributed by atoms with van der Waals surface area (Å²) in [4.78, 5) is 11.5. The van der Waals surface area contributed by atoms with Crippen molar-refractivity contribution in [3.05, 3.63) is 69.9 Å². The average Bonchev–Trinajstić information content (AvgIpc) is 3.40. The lowest BCUT2D eigenvalue weighted by Crippen LogP contribution is -1.98. The third-order valence-electron chi connectivity index (χ3n) is 3.53. The Morgan fingerprint density at radius 1 is 0.880 bits per heavy atom. The van der Waals surface area contributed by atoms with Crippen molar-refractivity contribution in [1.82, 2.24) is 9.97 Å². The average molecular weight is 385 g/mol. The fourth-order valence-electron chi connectivity index (χ4n) is 2.30. The fraction of sp³-hybridized carbons (Fsp3) is 0.111. The van der Waals surface area contributed by atoms with E-state index in [1.54, 1.807) is 34.0 Å². The first-order valence-electron chi connectivity index (χ1n) is 7.82. The predicted octanol–water partition coefficient (Wildman–Crippen LogP) is 5.55. The number of hydrogen-bond acceptors (Lipinski definition) is 7. The topological polar surface area (TPSA) is 49.8 Å². The molecular formula is C18H16N4S3. The van der Waals surface area contributed by atoms with Gasteiger partial charge in [0.1, 0.15) is 0 Å². The molecule has 0 saturated heterocycles. The van der Waals surface area contributed by atoms with E-state index in [0.717, 1.165) is 29.0 Å². The van der Waals surface area contributed by atoms with Gasteiger partial charge >= 0.3 is 0 Å². The van der Waals surface area contributed by atoms with E-state index in [9.17, 15) is 0 Å². The minimum absolute atomic E-state index is 0.738. The largest absolute Gasteiger partial charge is 0.357 e. The Balaban J connectivity index is 1.31. The van der Waals surface area contributed by atoms with E-state index >= 15 is 0 Å². The van der Waals surface area contributed by atoms with Crippen LogP contribution in [-0.4, -0.2) is 9.97 Å². The minimum Gasteiger partial charge on any atom is -0.357 e. The summed E-state index contributed by atoms with van der Waals surface area (Å²) >= 11 is 5.02. The molecule has 4 rings (SSSR count). The normalized spacial score (nSPS) is 10.7. The third-order valence-corrected chi connectivity index (χ3v) is 6.18. The van der Waals surface area contributed by atoms with Crippen LogP contribution in [0.4, 0.5) is 10.3 Å². The van der Waals surface area contributed by atoms with Crippen molar-refractivity contribution < 1.29 is 0 Å². The van der Waals surface area contributed by atoms with E-state index in [0.29, 0.717) is 0 Å². The van der Waals surface area contributed by atoms with Crippen molar-refractivity contribution in [3.63, 3.8) is 0 Å². The van der Waals surface area contributed by atoms with Gasteiger partial charge < -0.3 is 10.6 Å². The Labute approximate surface area is 158 Å². The van der Waals surface area contributed by atoms with Crippen LogP contribution in [-0.2, 0) is 13.1 Å². The molecule has 0 atom stereocenters. The second-order valence-corrected chi connectivity index (χ2v) is 8.26. The van der Waals surface area contributed by atoms with Crippen molar-refractivity contribution in [2.24, 2.45) is 0 Å². The van der Waals surface area contributed by atoms with Crippen LogP contribution in [0, 0.1) is 0 Å². The van der Waals surface area contributed by atoms with Crippen LogP contribution in [0.5, 0.6) is 0 Å². The van der Waals surface area contributed by atoms with Crippen LogP contribution in [0.1, 0.15) is 10.4 Å². The number of anilines is 2. The molecule has 0 unspecified atom stereocenters. The molecule has 3 heterocycles. The summed E-state index contributed by atoms with van der Waals surface area (Å²) in [6, 6.07) is 14.5. The Morgan fingerprint density at radius 2 is 1.76 bits per heavy atom. The molecule has 0 saturated carbocycles. The molecule has 0 radical (unpaired) electrons. The van der Waals surface area contributed by atoms with Crippen LogP contribution >= 0.6 is 34.0 Å². The van der Waals surface area contributed by atoms with E-state index in [1.807, 2.05) is 30.5 Å². The molecular weight excluding hydrogens is 368 g/mol. The molecule has 4 nitrogen and oxygen atoms in total. The predicted molar refractivity (Wildman–Crippen MR) is 109 cm³/mol. The van der Waals surface area contributed by atoms with Crippen molar-refractivity contribution >= 4 is 44.3 Å². The maximum Gasteiger partial charge on any atom is 0.183 e. The van der Waals surface area contributed by atoms with Gasteiger partial charge in [0.2, 0.25) is 0 Å². The second kappa shape index (κ2) is 7.77. The highest BCUT2D eigenvalue weighted by molar-refractivity contribution is 7.16. The van der Waals surface area contributed by atoms with Crippen LogP contribution in [0.3, 0.4) is 0 Å². The van der Waals surface area contributed by atoms with Crippen molar-refractivity contribution in [1.29, 1.82) is 0 Å². The van der Waals surface area contributed by atoms with Gasteiger partial charge in [-0.25, -0.2) is 9.97 Å². The maximum absolute atomic E-state index is 4.64. The highest BCUT2D eigenvalue weighted by atomic mass is 32.1. The SMILES string of the molecule is c1ccc(CNc2ncc(CNc3nc(-c4cccs4)cs3)s2)cc1. The summed E-state index contributed by atoms with van der Waals surface area (Å²) in [5, 5.41) is 12.8. The molecule has 126 valence electrons. The van der Waals surface area contributed by atoms with Gasteiger partial charge in [0.05, 0.1) is 17.1 Å². The number of hydrogen-bond donors (Lipinski definition) is 2. The zero-order chi connectivity index (χ0) is 16.9. The van der Waals surface area contributed by atoms with Gasteiger partial charge in [-0.15, -0.1) is 34.0 Å². The molecule has 0 aliphatic carbocycles. The van der Waals surface area contributed by atoms with Gasteiger partial charge in [0.25, 0.3) is 0 Å². The van der Waals surface area contributed by atoms with Crippen molar-refractivity contribution in [2.75, 3.05) is 10.6 Å². The van der Waals surface area contributed by atoms with Gasteiger partial charge in [-0.1, -0.05) is 36.4 Å². The number of aromatic nitrogens is 2. The summed E-state index contributed by atoms with van der Waals surface area (Å²) in [5.74, 6) is 0. The second-order valence-electron chi connectivity index (χ2n) is 5.34. The smallest absolute Gasteiger partial charge is 0.183 e. The summed E-state index contributed by atoms with van der Waals surface area (Å²) in [7, 11) is 0. The van der Waals surface area contributed by atoms with Crippen LogP contribution in [0.25, 0.3) is 10.6 Å². The first-order chi connectivity index (χ1) is 12.4. The highest BCUT2D eigenvalue weighted by Gasteiger charge is 2.06. The zero-order valence-electron chi connectivity index (χ0n) is 13.3. The van der Waals surface area contributed by atoms with E-state index in [4.69, 9.17) is 0 Å². The van der Waals surface area contributed by atoms with E-state index < -0.39 is 0 Å². The lowest BCUT2D eigenvalue weighted by molar-refractivity contribution is 1.13. The first kappa shape index (κ1) is 16.3. The van der Waals surface area contributed by atoms with E-state index in [1.165, 1.54) is 15.3 Å². The van der Waals surface area contributed by atoms with Gasteiger partial charge in [0.15, 0.2) is 10.3 Å². The fourth-order valence-corrected chi connectivity index (χ4v) is 4.52. The molecule has 0 spiro atoms. The lowest BCUT2D eigenvalue weighted by atomic mass is 10.2. The molecule has 4 aromatic rings. The molecule has 0 amide bonds. The quantitative estimate of drug-likeness (QED) is 0.438. The zero-order valence-corrected chi connectivity index (χ0v) is 15.8. The number of rotatable bonds is 7. The number of thiophene rings is 1. The number of benzene rings is 1. The summed E-state index contributed by atoms with van der Waals surface area (Å²) in [5.41, 5.74) is 2.29. The molecule has 0 aliphatic heterocycles. The Hall–Kier alpha value is -2.22. The maximum atomic E-state index is 4.64. The van der Waals surface area contributed by atoms with Crippen LogP contribution in [0.2, 0.25) is 0 Å². The molecule has 2 N–H and O–H groups in total. The Kier molecular flexibility index (Phi) is 5.06. The Bertz CT molecular complexity index is 913. The minimum atomic E-state index is 0.738. The van der Waals surface area contributed by atoms with Crippen LogP contribution in [0.15, 0.2) is 59.4 Å². The van der Waals surface area contributed by atoms with Gasteiger partial charge in [-0.05, 0) is 17.0 Å². The molecule has 0 aliphatic rings. The molecule has 7 heteroatoms. The van der Waals surface area contributed by atoms with Gasteiger partial charge in [0, 0.05) is 23.0 Å². The number of nitrogens with zero attached hydrogens (tertiary/aromatic N) is 2. The van der Waals surface area contributed by atoms with Crippen LogP contribution < -0.4 is 10.6 Å². The molecule has 3 aromatic heterocycles. The molecule has 0 bridgehead atoms. The Morgan fingerprint density at radius 3 is 2.60 bits per heavy atom. The summed E-state index contributed by atoms with van der Waals surface area (Å²) < 4.78 is 0. The molecule has 25 heavy (non-hydrogen) atoms. The summed E-state index contributed by atoms with van der Waals surface area (Å²) in [6.07, 6.45) is 1.92. The van der Waals surface area contributed by atoms with E-state index in [2.05, 4.69) is 49.6 Å². The monoisotopic (exact) mass is 384 g/mol. The summed E-state index contributed by atoms with van der Waals surface area (Å²) in [6.45, 7) is 1.53. The van der Waals surface area contributed by atoms with Gasteiger partial charge in [-0.3, -0.25) is 0 Å². The van der Waals surface area contributed by atoms with E-state index in [-0.39, 0.29) is 0 Å². The highest BCUT2D eigenvalue weighted by Crippen LogP contribution is 2.29. The van der Waals surface area contributed by atoms with Gasteiger partial charge in [-0.2, -0.15) is 0 Å². The molecule has 1 aromatic carbocycles.